The number of aliphatic carboxylic acids is 1. The van der Waals surface area contributed by atoms with Gasteiger partial charge in [-0.25, -0.2) is 4.79 Å². The number of carboxylic acid groups (broad SMARTS) is 1. The summed E-state index contributed by atoms with van der Waals surface area (Å²) in [6.07, 6.45) is 0. The number of aromatic hydroxyl groups is 1. The fourth-order valence-electron chi connectivity index (χ4n) is 2.21. The maximum atomic E-state index is 11.2. The van der Waals surface area contributed by atoms with Crippen molar-refractivity contribution in [2.24, 2.45) is 0 Å². The number of amides is 1. The van der Waals surface area contributed by atoms with Gasteiger partial charge in [0.15, 0.2) is 0 Å². The van der Waals surface area contributed by atoms with Gasteiger partial charge in [0.2, 0.25) is 0 Å². The smallest absolute Gasteiger partial charge is 0.394 e. The fraction of sp³-hybridized carbons (Fsp3) is 0.222. The number of hydrogen-bond acceptors (Lipinski definition) is 4. The lowest BCUT2D eigenvalue weighted by Gasteiger charge is -2.13. The van der Waals surface area contributed by atoms with Crippen LogP contribution >= 0.6 is 0 Å². The van der Waals surface area contributed by atoms with Gasteiger partial charge in [0.1, 0.15) is 17.2 Å². The van der Waals surface area contributed by atoms with E-state index in [9.17, 15) is 14.7 Å². The molecule has 0 spiro atoms. The van der Waals surface area contributed by atoms with E-state index in [2.05, 4.69) is 5.32 Å². The largest absolute Gasteiger partial charge is 0.508 e. The Labute approximate surface area is 139 Å². The number of benzene rings is 2. The van der Waals surface area contributed by atoms with Crippen LogP contribution in [0.15, 0.2) is 36.4 Å². The minimum atomic E-state index is -1.54. The zero-order valence-corrected chi connectivity index (χ0v) is 13.7. The van der Waals surface area contributed by atoms with E-state index >= 15 is 0 Å². The van der Waals surface area contributed by atoms with E-state index in [4.69, 9.17) is 9.84 Å². The van der Waals surface area contributed by atoms with Crippen molar-refractivity contribution in [2.45, 2.75) is 26.7 Å². The third kappa shape index (κ3) is 4.04. The Hall–Kier alpha value is -3.02. The maximum Gasteiger partial charge on any atom is 0.394 e. The van der Waals surface area contributed by atoms with Crippen LogP contribution in [0.1, 0.15) is 30.9 Å². The van der Waals surface area contributed by atoms with Gasteiger partial charge in [-0.15, -0.1) is 0 Å². The highest BCUT2D eigenvalue weighted by Crippen LogP contribution is 2.33. The molecule has 0 aliphatic carbocycles. The van der Waals surface area contributed by atoms with Gasteiger partial charge in [0.05, 0.1) is 0 Å². The summed E-state index contributed by atoms with van der Waals surface area (Å²) in [6, 6.07) is 9.86. The Bertz CT molecular complexity index is 783. The first-order chi connectivity index (χ1) is 11.3. The van der Waals surface area contributed by atoms with E-state index in [1.165, 1.54) is 0 Å². The van der Waals surface area contributed by atoms with E-state index in [1.54, 1.807) is 43.3 Å². The second-order valence-corrected chi connectivity index (χ2v) is 5.72. The van der Waals surface area contributed by atoms with Crippen molar-refractivity contribution < 1.29 is 24.5 Å². The Balaban J connectivity index is 2.20. The summed E-state index contributed by atoms with van der Waals surface area (Å²) in [4.78, 5) is 21.7. The van der Waals surface area contributed by atoms with E-state index in [0.29, 0.717) is 17.2 Å². The predicted molar refractivity (Wildman–Crippen MR) is 89.7 cm³/mol. The summed E-state index contributed by atoms with van der Waals surface area (Å²) in [6.45, 7) is 5.74. The lowest BCUT2D eigenvalue weighted by atomic mass is 10.0. The number of carbonyl (C=O) groups is 2. The third-order valence-corrected chi connectivity index (χ3v) is 3.48. The second kappa shape index (κ2) is 7.04. The first kappa shape index (κ1) is 17.3. The molecule has 6 nitrogen and oxygen atoms in total. The van der Waals surface area contributed by atoms with Crippen LogP contribution < -0.4 is 10.1 Å². The minimum absolute atomic E-state index is 0.156. The lowest BCUT2D eigenvalue weighted by Crippen LogP contribution is -2.21. The van der Waals surface area contributed by atoms with Crippen LogP contribution in [0, 0.1) is 6.92 Å². The highest BCUT2D eigenvalue weighted by Gasteiger charge is 2.13. The molecule has 0 bridgehead atoms. The molecule has 0 aliphatic rings. The maximum absolute atomic E-state index is 11.2. The SMILES string of the molecule is Cc1cc(NC(=O)C(=O)O)ccc1Oc1ccc(O)c(C(C)C)c1. The molecule has 0 radical (unpaired) electrons. The molecule has 2 rings (SSSR count). The molecule has 3 N–H and O–H groups in total. The Kier molecular flexibility index (Phi) is 5.08. The molecule has 0 atom stereocenters. The van der Waals surface area contributed by atoms with E-state index in [1.807, 2.05) is 13.8 Å². The van der Waals surface area contributed by atoms with Gasteiger partial charge in [-0.1, -0.05) is 13.8 Å². The minimum Gasteiger partial charge on any atom is -0.508 e. The summed E-state index contributed by atoms with van der Waals surface area (Å²) in [7, 11) is 0. The van der Waals surface area contributed by atoms with Crippen molar-refractivity contribution >= 4 is 17.6 Å². The van der Waals surface area contributed by atoms with Crippen LogP contribution in [-0.2, 0) is 9.59 Å². The number of ether oxygens (including phenoxy) is 1. The Morgan fingerprint density at radius 2 is 1.83 bits per heavy atom. The number of rotatable bonds is 4. The van der Waals surface area contributed by atoms with Gasteiger partial charge in [-0.2, -0.15) is 0 Å². The molecule has 2 aromatic rings. The van der Waals surface area contributed by atoms with Crippen molar-refractivity contribution in [2.75, 3.05) is 5.32 Å². The summed E-state index contributed by atoms with van der Waals surface area (Å²) in [5.74, 6) is -1.10. The summed E-state index contributed by atoms with van der Waals surface area (Å²) in [5.41, 5.74) is 1.90. The van der Waals surface area contributed by atoms with Crippen molar-refractivity contribution in [3.05, 3.63) is 47.5 Å². The van der Waals surface area contributed by atoms with Gasteiger partial charge in [0.25, 0.3) is 0 Å². The van der Waals surface area contributed by atoms with Gasteiger partial charge < -0.3 is 20.3 Å². The van der Waals surface area contributed by atoms with E-state index in [0.717, 1.165) is 11.1 Å². The number of carboxylic acids is 1. The van der Waals surface area contributed by atoms with Gasteiger partial charge in [0, 0.05) is 11.3 Å². The van der Waals surface area contributed by atoms with Crippen molar-refractivity contribution in [1.82, 2.24) is 0 Å². The zero-order valence-electron chi connectivity index (χ0n) is 13.7. The lowest BCUT2D eigenvalue weighted by molar-refractivity contribution is -0.147. The molecule has 6 heteroatoms. The molecule has 2 aromatic carbocycles. The fourth-order valence-corrected chi connectivity index (χ4v) is 2.21. The molecular formula is C18H19NO5. The van der Waals surface area contributed by atoms with E-state index < -0.39 is 11.9 Å². The number of phenols is 1. The zero-order chi connectivity index (χ0) is 17.9. The number of phenolic OH excluding ortho intramolecular Hbond substituents is 1. The number of hydrogen-bond donors (Lipinski definition) is 3. The molecule has 126 valence electrons. The van der Waals surface area contributed by atoms with Crippen LogP contribution in [0.2, 0.25) is 0 Å². The van der Waals surface area contributed by atoms with Gasteiger partial charge in [-0.3, -0.25) is 4.79 Å². The molecule has 24 heavy (non-hydrogen) atoms. The Morgan fingerprint density at radius 3 is 2.42 bits per heavy atom. The number of carbonyl (C=O) groups excluding carboxylic acids is 1. The molecule has 0 saturated heterocycles. The van der Waals surface area contributed by atoms with E-state index in [-0.39, 0.29) is 11.7 Å². The predicted octanol–water partition coefficient (Wildman–Crippen LogP) is 3.64. The second-order valence-electron chi connectivity index (χ2n) is 5.72. The van der Waals surface area contributed by atoms with Gasteiger partial charge in [-0.05, 0) is 54.8 Å². The average Bonchev–Trinajstić information content (AvgIpc) is 2.51. The first-order valence-electron chi connectivity index (χ1n) is 7.43. The molecule has 0 unspecified atom stereocenters. The van der Waals surface area contributed by atoms with Crippen molar-refractivity contribution in [1.29, 1.82) is 0 Å². The standard InChI is InChI=1S/C18H19NO5/c1-10(2)14-9-13(5-6-15(14)20)24-16-7-4-12(8-11(16)3)19-17(21)18(22)23/h4-10,20H,1-3H3,(H,19,21)(H,22,23). The van der Waals surface area contributed by atoms with Crippen LogP contribution in [-0.4, -0.2) is 22.1 Å². The molecule has 0 aliphatic heterocycles. The number of nitrogens with one attached hydrogen (secondary N) is 1. The first-order valence-corrected chi connectivity index (χ1v) is 7.43. The normalized spacial score (nSPS) is 10.5. The van der Waals surface area contributed by atoms with Gasteiger partial charge >= 0.3 is 11.9 Å². The van der Waals surface area contributed by atoms with Crippen LogP contribution in [0.3, 0.4) is 0 Å². The summed E-state index contributed by atoms with van der Waals surface area (Å²) in [5, 5.41) is 20.7. The summed E-state index contributed by atoms with van der Waals surface area (Å²) < 4.78 is 5.82. The molecule has 0 heterocycles. The topological polar surface area (TPSA) is 95.9 Å². The molecular weight excluding hydrogens is 310 g/mol. The van der Waals surface area contributed by atoms with Crippen LogP contribution in [0.25, 0.3) is 0 Å². The Morgan fingerprint density at radius 1 is 1.12 bits per heavy atom. The van der Waals surface area contributed by atoms with Crippen LogP contribution in [0.4, 0.5) is 5.69 Å². The highest BCUT2D eigenvalue weighted by atomic mass is 16.5. The molecule has 0 fully saturated rings. The molecule has 0 aromatic heterocycles. The monoisotopic (exact) mass is 329 g/mol. The number of aryl methyl sites for hydroxylation is 1. The third-order valence-electron chi connectivity index (χ3n) is 3.48. The highest BCUT2D eigenvalue weighted by molar-refractivity contribution is 6.36. The average molecular weight is 329 g/mol. The summed E-state index contributed by atoms with van der Waals surface area (Å²) >= 11 is 0. The van der Waals surface area contributed by atoms with Crippen LogP contribution in [0.5, 0.6) is 17.2 Å². The van der Waals surface area contributed by atoms with Crippen molar-refractivity contribution in [3.63, 3.8) is 0 Å². The number of anilines is 1. The quantitative estimate of drug-likeness (QED) is 0.744. The molecule has 0 saturated carbocycles. The molecule has 1 amide bonds. The van der Waals surface area contributed by atoms with Crippen molar-refractivity contribution in [3.8, 4) is 17.2 Å².